The van der Waals surface area contributed by atoms with Gasteiger partial charge in [0.2, 0.25) is 0 Å². The van der Waals surface area contributed by atoms with Gasteiger partial charge in [-0.3, -0.25) is 0 Å². The quantitative estimate of drug-likeness (QED) is 0.850. The summed E-state index contributed by atoms with van der Waals surface area (Å²) in [4.78, 5) is 8.39. The molecule has 5 nitrogen and oxygen atoms in total. The summed E-state index contributed by atoms with van der Waals surface area (Å²) in [6.07, 6.45) is 2.37. The van der Waals surface area contributed by atoms with Crippen molar-refractivity contribution >= 4 is 23.2 Å². The molecule has 0 amide bonds. The van der Waals surface area contributed by atoms with E-state index in [0.29, 0.717) is 11.7 Å². The highest BCUT2D eigenvalue weighted by molar-refractivity contribution is 6.17. The summed E-state index contributed by atoms with van der Waals surface area (Å²) in [6, 6.07) is 1.96. The third kappa shape index (κ3) is 2.66. The molecule has 0 aliphatic rings. The molecule has 0 unspecified atom stereocenters. The molecule has 0 saturated heterocycles. The molecule has 1 N–H and O–H groups in total. The summed E-state index contributed by atoms with van der Waals surface area (Å²) in [7, 11) is 0. The Bertz CT molecular complexity index is 520. The largest absolute Gasteiger partial charge is 0.365 e. The maximum atomic E-state index is 5.79. The van der Waals surface area contributed by atoms with Gasteiger partial charge < -0.3 is 5.32 Å². The van der Waals surface area contributed by atoms with Gasteiger partial charge >= 0.3 is 0 Å². The predicted molar refractivity (Wildman–Crippen MR) is 68.6 cm³/mol. The van der Waals surface area contributed by atoms with Crippen LogP contribution in [0.2, 0.25) is 0 Å². The van der Waals surface area contributed by atoms with Crippen molar-refractivity contribution in [3.05, 3.63) is 18.1 Å². The van der Waals surface area contributed by atoms with Crippen LogP contribution in [0.15, 0.2) is 12.4 Å². The molecule has 92 valence electrons. The normalized spacial score (nSPS) is 12.0. The van der Waals surface area contributed by atoms with E-state index in [2.05, 4.69) is 34.2 Å². The van der Waals surface area contributed by atoms with Crippen molar-refractivity contribution in [2.75, 3.05) is 11.2 Å². The maximum absolute atomic E-state index is 5.79. The standard InChI is InChI=1S/C11H16ClN5/c1-8-6-9(16-11(2,3)4-5-12)17-10(15-8)13-7-14-17/h6-7,16H,4-5H2,1-3H3. The van der Waals surface area contributed by atoms with E-state index in [1.54, 1.807) is 4.52 Å². The number of hydrogen-bond donors (Lipinski definition) is 1. The second-order valence-electron chi connectivity index (χ2n) is 4.70. The van der Waals surface area contributed by atoms with Crippen molar-refractivity contribution in [3.8, 4) is 0 Å². The van der Waals surface area contributed by atoms with Crippen LogP contribution in [0, 0.1) is 6.92 Å². The Morgan fingerprint density at radius 2 is 2.24 bits per heavy atom. The fraction of sp³-hybridized carbons (Fsp3) is 0.545. The Morgan fingerprint density at radius 3 is 2.94 bits per heavy atom. The molecule has 0 aliphatic carbocycles. The van der Waals surface area contributed by atoms with Crippen LogP contribution in [0.25, 0.3) is 5.78 Å². The summed E-state index contributed by atoms with van der Waals surface area (Å²) >= 11 is 5.79. The Morgan fingerprint density at radius 1 is 1.47 bits per heavy atom. The molecule has 0 fully saturated rings. The molecular weight excluding hydrogens is 238 g/mol. The van der Waals surface area contributed by atoms with E-state index in [9.17, 15) is 0 Å². The monoisotopic (exact) mass is 253 g/mol. The molecular formula is C11H16ClN5. The third-order valence-corrected chi connectivity index (χ3v) is 2.75. The summed E-state index contributed by atoms with van der Waals surface area (Å²) in [5.74, 6) is 2.11. The number of rotatable bonds is 4. The lowest BCUT2D eigenvalue weighted by Gasteiger charge is -2.26. The number of fused-ring (bicyclic) bond motifs is 1. The Labute approximate surface area is 105 Å². The lowest BCUT2D eigenvalue weighted by Crippen LogP contribution is -2.32. The first-order valence-electron chi connectivity index (χ1n) is 5.53. The lowest BCUT2D eigenvalue weighted by atomic mass is 10.0. The highest BCUT2D eigenvalue weighted by atomic mass is 35.5. The van der Waals surface area contributed by atoms with E-state index in [4.69, 9.17) is 11.6 Å². The molecule has 2 heterocycles. The topological polar surface area (TPSA) is 55.1 Å². The van der Waals surface area contributed by atoms with Crippen molar-refractivity contribution in [2.45, 2.75) is 32.7 Å². The van der Waals surface area contributed by atoms with Gasteiger partial charge in [-0.1, -0.05) is 0 Å². The molecule has 2 rings (SSSR count). The minimum absolute atomic E-state index is 0.0889. The number of nitrogens with zero attached hydrogens (tertiary/aromatic N) is 4. The van der Waals surface area contributed by atoms with Gasteiger partial charge in [0.25, 0.3) is 5.78 Å². The minimum Gasteiger partial charge on any atom is -0.365 e. The van der Waals surface area contributed by atoms with Crippen LogP contribution in [-0.2, 0) is 0 Å². The van der Waals surface area contributed by atoms with Crippen molar-refractivity contribution < 1.29 is 0 Å². The zero-order chi connectivity index (χ0) is 12.5. The summed E-state index contributed by atoms with van der Waals surface area (Å²) in [5.41, 5.74) is 0.823. The Balaban J connectivity index is 2.37. The van der Waals surface area contributed by atoms with Gasteiger partial charge in [-0.2, -0.15) is 14.6 Å². The zero-order valence-electron chi connectivity index (χ0n) is 10.2. The van der Waals surface area contributed by atoms with Crippen LogP contribution >= 0.6 is 11.6 Å². The fourth-order valence-corrected chi connectivity index (χ4v) is 2.14. The second kappa shape index (κ2) is 4.49. The molecule has 0 atom stereocenters. The molecule has 17 heavy (non-hydrogen) atoms. The number of nitrogens with one attached hydrogen (secondary N) is 1. The molecule has 0 aromatic carbocycles. The maximum Gasteiger partial charge on any atom is 0.254 e. The van der Waals surface area contributed by atoms with Crippen LogP contribution in [0.5, 0.6) is 0 Å². The van der Waals surface area contributed by atoms with E-state index in [1.165, 1.54) is 6.33 Å². The first-order valence-corrected chi connectivity index (χ1v) is 6.07. The van der Waals surface area contributed by atoms with Crippen LogP contribution in [0.1, 0.15) is 26.0 Å². The number of alkyl halides is 1. The minimum atomic E-state index is -0.0889. The van der Waals surface area contributed by atoms with E-state index in [-0.39, 0.29) is 5.54 Å². The van der Waals surface area contributed by atoms with Crippen molar-refractivity contribution in [1.82, 2.24) is 19.6 Å². The van der Waals surface area contributed by atoms with Gasteiger partial charge in [-0.05, 0) is 27.2 Å². The van der Waals surface area contributed by atoms with Gasteiger partial charge in [0, 0.05) is 23.2 Å². The number of anilines is 1. The van der Waals surface area contributed by atoms with E-state index >= 15 is 0 Å². The van der Waals surface area contributed by atoms with E-state index < -0.39 is 0 Å². The lowest BCUT2D eigenvalue weighted by molar-refractivity contribution is 0.545. The average Bonchev–Trinajstić information content (AvgIpc) is 2.64. The highest BCUT2D eigenvalue weighted by Crippen LogP contribution is 2.19. The summed E-state index contributed by atoms with van der Waals surface area (Å²) < 4.78 is 1.70. The number of aromatic nitrogens is 4. The molecule has 0 spiro atoms. The van der Waals surface area contributed by atoms with Crippen molar-refractivity contribution in [2.24, 2.45) is 0 Å². The third-order valence-electron chi connectivity index (χ3n) is 2.57. The molecule has 6 heteroatoms. The first kappa shape index (κ1) is 12.1. The second-order valence-corrected chi connectivity index (χ2v) is 5.08. The van der Waals surface area contributed by atoms with Crippen molar-refractivity contribution in [1.29, 1.82) is 0 Å². The Kier molecular flexibility index (Phi) is 3.19. The smallest absolute Gasteiger partial charge is 0.254 e. The van der Waals surface area contributed by atoms with Crippen LogP contribution in [0.3, 0.4) is 0 Å². The van der Waals surface area contributed by atoms with Gasteiger partial charge in [-0.15, -0.1) is 11.6 Å². The molecule has 2 aromatic rings. The molecule has 2 aromatic heterocycles. The van der Waals surface area contributed by atoms with Gasteiger partial charge in [0.1, 0.15) is 12.1 Å². The summed E-state index contributed by atoms with van der Waals surface area (Å²) in [6.45, 7) is 6.15. The van der Waals surface area contributed by atoms with Gasteiger partial charge in [0.05, 0.1) is 0 Å². The highest BCUT2D eigenvalue weighted by Gasteiger charge is 2.18. The average molecular weight is 254 g/mol. The van der Waals surface area contributed by atoms with Crippen LogP contribution in [-0.4, -0.2) is 31.0 Å². The number of halogens is 1. The predicted octanol–water partition coefficient (Wildman–Crippen LogP) is 2.25. The van der Waals surface area contributed by atoms with Crippen LogP contribution in [0.4, 0.5) is 5.82 Å². The molecule has 0 saturated carbocycles. The van der Waals surface area contributed by atoms with Crippen LogP contribution < -0.4 is 5.32 Å². The molecule has 0 bridgehead atoms. The molecule has 0 aliphatic heterocycles. The number of hydrogen-bond acceptors (Lipinski definition) is 4. The first-order chi connectivity index (χ1) is 8.02. The molecule has 0 radical (unpaired) electrons. The van der Waals surface area contributed by atoms with Gasteiger partial charge in [-0.25, -0.2) is 4.98 Å². The summed E-state index contributed by atoms with van der Waals surface area (Å²) in [5, 5.41) is 7.58. The van der Waals surface area contributed by atoms with E-state index in [1.807, 2.05) is 13.0 Å². The Hall–Kier alpha value is -1.36. The van der Waals surface area contributed by atoms with Crippen molar-refractivity contribution in [3.63, 3.8) is 0 Å². The van der Waals surface area contributed by atoms with E-state index in [0.717, 1.165) is 17.9 Å². The van der Waals surface area contributed by atoms with Gasteiger partial charge in [0.15, 0.2) is 0 Å². The number of aryl methyl sites for hydroxylation is 1. The fourth-order valence-electron chi connectivity index (χ4n) is 1.67. The zero-order valence-corrected chi connectivity index (χ0v) is 11.0. The SMILES string of the molecule is Cc1cc(NC(C)(C)CCCl)n2ncnc2n1.